The molecule has 3 rings (SSSR count). The summed E-state index contributed by atoms with van der Waals surface area (Å²) in [7, 11) is 0. The molecule has 0 saturated heterocycles. The second-order valence-corrected chi connectivity index (χ2v) is 8.00. The van der Waals surface area contributed by atoms with Crippen LogP contribution in [0.5, 0.6) is 0 Å². The van der Waals surface area contributed by atoms with Crippen LogP contribution >= 0.6 is 11.8 Å². The van der Waals surface area contributed by atoms with Crippen molar-refractivity contribution >= 4 is 29.9 Å². The SMILES string of the molecule is CCOC(=O)c1ccc(-c2ccc(/C=N\NC(=O)[C@H](C)SCc3ccccc3)o2)cc1. The van der Waals surface area contributed by atoms with Crippen molar-refractivity contribution in [3.05, 3.63) is 83.6 Å². The summed E-state index contributed by atoms with van der Waals surface area (Å²) >= 11 is 1.55. The van der Waals surface area contributed by atoms with E-state index in [9.17, 15) is 9.59 Å². The Labute approximate surface area is 185 Å². The van der Waals surface area contributed by atoms with Crippen molar-refractivity contribution in [1.29, 1.82) is 0 Å². The number of benzene rings is 2. The Hall–Kier alpha value is -3.32. The van der Waals surface area contributed by atoms with Gasteiger partial charge in [-0.3, -0.25) is 4.79 Å². The molecule has 1 aromatic heterocycles. The molecule has 3 aromatic rings. The van der Waals surface area contributed by atoms with Crippen LogP contribution in [0.1, 0.15) is 35.5 Å². The predicted octanol–water partition coefficient (Wildman–Crippen LogP) is 4.90. The highest BCUT2D eigenvalue weighted by molar-refractivity contribution is 7.99. The molecule has 0 aliphatic rings. The fourth-order valence-electron chi connectivity index (χ4n) is 2.68. The molecule has 0 radical (unpaired) electrons. The monoisotopic (exact) mass is 436 g/mol. The number of esters is 1. The number of carbonyl (C=O) groups is 2. The number of carbonyl (C=O) groups excluding carboxylic acids is 2. The second kappa shape index (κ2) is 11.2. The number of thioether (sulfide) groups is 1. The molecule has 0 unspecified atom stereocenters. The average Bonchev–Trinajstić information content (AvgIpc) is 3.27. The zero-order valence-corrected chi connectivity index (χ0v) is 18.2. The van der Waals surface area contributed by atoms with Crippen LogP contribution in [0.3, 0.4) is 0 Å². The quantitative estimate of drug-likeness (QED) is 0.293. The largest absolute Gasteiger partial charge is 0.462 e. The molecule has 7 heteroatoms. The molecule has 0 fully saturated rings. The van der Waals surface area contributed by atoms with Crippen LogP contribution in [0.4, 0.5) is 0 Å². The van der Waals surface area contributed by atoms with Crippen molar-refractivity contribution in [3.8, 4) is 11.3 Å². The van der Waals surface area contributed by atoms with E-state index in [1.807, 2.05) is 37.3 Å². The zero-order chi connectivity index (χ0) is 22.1. The lowest BCUT2D eigenvalue weighted by Gasteiger charge is -2.09. The normalized spacial score (nSPS) is 11.9. The maximum absolute atomic E-state index is 12.2. The highest BCUT2D eigenvalue weighted by Gasteiger charge is 2.13. The second-order valence-electron chi connectivity index (χ2n) is 6.67. The molecule has 0 spiro atoms. The van der Waals surface area contributed by atoms with E-state index in [1.165, 1.54) is 11.8 Å². The lowest BCUT2D eigenvalue weighted by molar-refractivity contribution is -0.120. The lowest BCUT2D eigenvalue weighted by Crippen LogP contribution is -2.26. The van der Waals surface area contributed by atoms with Gasteiger partial charge in [-0.25, -0.2) is 10.2 Å². The number of hydrogen-bond acceptors (Lipinski definition) is 6. The van der Waals surface area contributed by atoms with Gasteiger partial charge in [-0.2, -0.15) is 5.10 Å². The van der Waals surface area contributed by atoms with Crippen LogP contribution in [-0.2, 0) is 15.3 Å². The minimum absolute atomic E-state index is 0.168. The topological polar surface area (TPSA) is 80.9 Å². The molecule has 1 amide bonds. The number of nitrogens with one attached hydrogen (secondary N) is 1. The van der Waals surface area contributed by atoms with Crippen molar-refractivity contribution in [2.24, 2.45) is 5.10 Å². The van der Waals surface area contributed by atoms with Crippen molar-refractivity contribution in [1.82, 2.24) is 5.43 Å². The van der Waals surface area contributed by atoms with E-state index in [4.69, 9.17) is 9.15 Å². The van der Waals surface area contributed by atoms with Crippen LogP contribution in [-0.4, -0.2) is 29.9 Å². The highest BCUT2D eigenvalue weighted by atomic mass is 32.2. The molecule has 1 heterocycles. The average molecular weight is 437 g/mol. The number of ether oxygens (including phenoxy) is 1. The van der Waals surface area contributed by atoms with E-state index in [0.717, 1.165) is 11.3 Å². The molecule has 1 atom stereocenters. The van der Waals surface area contributed by atoms with Crippen molar-refractivity contribution in [3.63, 3.8) is 0 Å². The van der Waals surface area contributed by atoms with E-state index in [1.54, 1.807) is 55.1 Å². The van der Waals surface area contributed by atoms with Gasteiger partial charge in [-0.05, 0) is 43.7 Å². The molecule has 160 valence electrons. The Morgan fingerprint density at radius 1 is 1.10 bits per heavy atom. The van der Waals surface area contributed by atoms with Gasteiger partial charge in [0.05, 0.1) is 23.6 Å². The van der Waals surface area contributed by atoms with E-state index < -0.39 is 0 Å². The summed E-state index contributed by atoms with van der Waals surface area (Å²) in [6, 6.07) is 20.5. The molecule has 0 aliphatic heterocycles. The maximum Gasteiger partial charge on any atom is 0.338 e. The third-order valence-electron chi connectivity index (χ3n) is 4.39. The fraction of sp³-hybridized carbons (Fsp3) is 0.208. The summed E-state index contributed by atoms with van der Waals surface area (Å²) in [6.45, 7) is 3.96. The van der Waals surface area contributed by atoms with Gasteiger partial charge in [-0.15, -0.1) is 11.8 Å². The number of hydrazone groups is 1. The van der Waals surface area contributed by atoms with Gasteiger partial charge in [0.2, 0.25) is 0 Å². The molecule has 0 aliphatic carbocycles. The van der Waals surface area contributed by atoms with Crippen LogP contribution in [0.15, 0.2) is 76.2 Å². The first-order valence-electron chi connectivity index (χ1n) is 9.92. The van der Waals surface area contributed by atoms with Crippen molar-refractivity contribution in [2.75, 3.05) is 6.61 Å². The number of nitrogens with zero attached hydrogens (tertiary/aromatic N) is 1. The van der Waals surface area contributed by atoms with Gasteiger partial charge < -0.3 is 9.15 Å². The number of furan rings is 1. The smallest absolute Gasteiger partial charge is 0.338 e. The van der Waals surface area contributed by atoms with Gasteiger partial charge in [0, 0.05) is 11.3 Å². The minimum Gasteiger partial charge on any atom is -0.462 e. The first kappa shape index (κ1) is 22.4. The highest BCUT2D eigenvalue weighted by Crippen LogP contribution is 2.22. The molecule has 6 nitrogen and oxygen atoms in total. The summed E-state index contributed by atoms with van der Waals surface area (Å²) in [4.78, 5) is 23.9. The molecule has 0 saturated carbocycles. The fourth-order valence-corrected chi connectivity index (χ4v) is 3.52. The number of hydrogen-bond donors (Lipinski definition) is 1. The predicted molar refractivity (Wildman–Crippen MR) is 123 cm³/mol. The Balaban J connectivity index is 1.50. The Morgan fingerprint density at radius 3 is 2.55 bits per heavy atom. The van der Waals surface area contributed by atoms with Crippen LogP contribution in [0.25, 0.3) is 11.3 Å². The van der Waals surface area contributed by atoms with Gasteiger partial charge in [0.25, 0.3) is 5.91 Å². The summed E-state index contributed by atoms with van der Waals surface area (Å²) in [5.74, 6) is 1.38. The zero-order valence-electron chi connectivity index (χ0n) is 17.4. The van der Waals surface area contributed by atoms with Crippen LogP contribution < -0.4 is 5.43 Å². The van der Waals surface area contributed by atoms with Gasteiger partial charge in [0.15, 0.2) is 0 Å². The van der Waals surface area contributed by atoms with Gasteiger partial charge >= 0.3 is 5.97 Å². The Kier molecular flexibility index (Phi) is 8.06. The van der Waals surface area contributed by atoms with Crippen molar-refractivity contribution < 1.29 is 18.7 Å². The van der Waals surface area contributed by atoms with Gasteiger partial charge in [-0.1, -0.05) is 42.5 Å². The summed E-state index contributed by atoms with van der Waals surface area (Å²) in [6.07, 6.45) is 1.46. The number of rotatable bonds is 9. The van der Waals surface area contributed by atoms with E-state index in [-0.39, 0.29) is 17.1 Å². The minimum atomic E-state index is -0.354. The molecule has 31 heavy (non-hydrogen) atoms. The third kappa shape index (κ3) is 6.58. The Morgan fingerprint density at radius 2 is 1.84 bits per heavy atom. The summed E-state index contributed by atoms with van der Waals surface area (Å²) in [5, 5.41) is 3.76. The summed E-state index contributed by atoms with van der Waals surface area (Å²) in [5.41, 5.74) is 5.03. The molecule has 2 aromatic carbocycles. The lowest BCUT2D eigenvalue weighted by atomic mass is 10.1. The third-order valence-corrected chi connectivity index (χ3v) is 5.60. The van der Waals surface area contributed by atoms with E-state index in [2.05, 4.69) is 10.5 Å². The maximum atomic E-state index is 12.2. The first-order valence-corrected chi connectivity index (χ1v) is 11.0. The standard InChI is InChI=1S/C24H24N2O4S/c1-3-29-24(28)20-11-9-19(10-12-20)22-14-13-21(30-22)15-25-26-23(27)17(2)31-16-18-7-5-4-6-8-18/h4-15,17H,3,16H2,1-2H3,(H,26,27)/b25-15-/t17-/m0/s1. The summed E-state index contributed by atoms with van der Waals surface area (Å²) < 4.78 is 10.7. The first-order chi connectivity index (χ1) is 15.1. The Bertz CT molecular complexity index is 1030. The molecule has 0 bridgehead atoms. The number of amides is 1. The van der Waals surface area contributed by atoms with Crippen LogP contribution in [0.2, 0.25) is 0 Å². The van der Waals surface area contributed by atoms with Crippen molar-refractivity contribution in [2.45, 2.75) is 24.9 Å². The van der Waals surface area contributed by atoms with Crippen LogP contribution in [0, 0.1) is 0 Å². The molecule has 1 N–H and O–H groups in total. The van der Waals surface area contributed by atoms with E-state index >= 15 is 0 Å². The van der Waals surface area contributed by atoms with E-state index in [0.29, 0.717) is 23.7 Å². The molecular formula is C24H24N2O4S. The molecular weight excluding hydrogens is 412 g/mol. The van der Waals surface area contributed by atoms with Gasteiger partial charge in [0.1, 0.15) is 11.5 Å².